The van der Waals surface area contributed by atoms with Crippen molar-refractivity contribution >= 4 is 5.69 Å². The molecule has 0 heterocycles. The van der Waals surface area contributed by atoms with Gasteiger partial charge in [0, 0.05) is 23.9 Å². The summed E-state index contributed by atoms with van der Waals surface area (Å²) in [6.07, 6.45) is 0. The molecule has 2 aromatic carbocycles. The highest BCUT2D eigenvalue weighted by atomic mass is 19.1. The summed E-state index contributed by atoms with van der Waals surface area (Å²) in [5.41, 5.74) is 5.56. The van der Waals surface area contributed by atoms with Crippen molar-refractivity contribution in [2.24, 2.45) is 0 Å². The number of ether oxygens (including phenoxy) is 1. The lowest BCUT2D eigenvalue weighted by Crippen LogP contribution is -1.92. The zero-order chi connectivity index (χ0) is 12.4. The maximum atomic E-state index is 13.2. The minimum atomic E-state index is -0.868. The van der Waals surface area contributed by atoms with E-state index in [2.05, 4.69) is 0 Å². The third kappa shape index (κ3) is 2.69. The molecule has 0 saturated heterocycles. The first-order valence-corrected chi connectivity index (χ1v) is 4.73. The number of nitrogen functional groups attached to an aromatic ring is 1. The Morgan fingerprint density at radius 3 is 2.29 bits per heavy atom. The standard InChI is InChI=1S/C12H8F3NO/c13-7-1-2-12(11(15)5-7)17-10-4-8(14)3-9(16)6-10/h1-6H,16H2. The summed E-state index contributed by atoms with van der Waals surface area (Å²) >= 11 is 0. The molecule has 0 fully saturated rings. The Hall–Kier alpha value is -2.17. The van der Waals surface area contributed by atoms with Crippen LogP contribution in [-0.2, 0) is 0 Å². The zero-order valence-electron chi connectivity index (χ0n) is 8.58. The summed E-state index contributed by atoms with van der Waals surface area (Å²) in [5.74, 6) is -2.33. The lowest BCUT2D eigenvalue weighted by Gasteiger charge is -2.07. The van der Waals surface area contributed by atoms with E-state index in [9.17, 15) is 13.2 Å². The number of hydrogen-bond donors (Lipinski definition) is 1. The summed E-state index contributed by atoms with van der Waals surface area (Å²) in [5, 5.41) is 0. The molecule has 0 radical (unpaired) electrons. The molecule has 2 nitrogen and oxygen atoms in total. The monoisotopic (exact) mass is 239 g/mol. The Morgan fingerprint density at radius 1 is 0.882 bits per heavy atom. The molecular weight excluding hydrogens is 231 g/mol. The van der Waals surface area contributed by atoms with E-state index >= 15 is 0 Å². The van der Waals surface area contributed by atoms with Crippen LogP contribution in [0, 0.1) is 17.5 Å². The smallest absolute Gasteiger partial charge is 0.168 e. The fraction of sp³-hybridized carbons (Fsp3) is 0. The predicted molar refractivity (Wildman–Crippen MR) is 57.2 cm³/mol. The molecule has 2 N–H and O–H groups in total. The van der Waals surface area contributed by atoms with Crippen LogP contribution < -0.4 is 10.5 Å². The van der Waals surface area contributed by atoms with Crippen LogP contribution in [0.2, 0.25) is 0 Å². The van der Waals surface area contributed by atoms with E-state index in [1.54, 1.807) is 0 Å². The molecule has 2 rings (SSSR count). The van der Waals surface area contributed by atoms with E-state index in [-0.39, 0.29) is 17.2 Å². The van der Waals surface area contributed by atoms with Crippen molar-refractivity contribution in [3.8, 4) is 11.5 Å². The van der Waals surface area contributed by atoms with E-state index in [1.807, 2.05) is 0 Å². The Balaban J connectivity index is 2.31. The highest BCUT2D eigenvalue weighted by Gasteiger charge is 2.07. The lowest BCUT2D eigenvalue weighted by atomic mass is 10.3. The molecule has 0 amide bonds. The van der Waals surface area contributed by atoms with Gasteiger partial charge in [0.25, 0.3) is 0 Å². The summed E-state index contributed by atoms with van der Waals surface area (Å²) in [7, 11) is 0. The number of halogens is 3. The summed E-state index contributed by atoms with van der Waals surface area (Å²) in [6, 6.07) is 6.34. The van der Waals surface area contributed by atoms with Crippen molar-refractivity contribution in [3.05, 3.63) is 53.8 Å². The Labute approximate surface area is 95.4 Å². The predicted octanol–water partition coefficient (Wildman–Crippen LogP) is 3.48. The van der Waals surface area contributed by atoms with Crippen molar-refractivity contribution in [2.45, 2.75) is 0 Å². The quantitative estimate of drug-likeness (QED) is 0.814. The fourth-order valence-electron chi connectivity index (χ4n) is 1.33. The largest absolute Gasteiger partial charge is 0.454 e. The first-order valence-electron chi connectivity index (χ1n) is 4.73. The van der Waals surface area contributed by atoms with Crippen molar-refractivity contribution in [1.29, 1.82) is 0 Å². The van der Waals surface area contributed by atoms with Crippen molar-refractivity contribution in [1.82, 2.24) is 0 Å². The van der Waals surface area contributed by atoms with Gasteiger partial charge in [0.05, 0.1) is 0 Å². The minimum absolute atomic E-state index is 0.0491. The van der Waals surface area contributed by atoms with E-state index in [1.165, 1.54) is 6.07 Å². The SMILES string of the molecule is Nc1cc(F)cc(Oc2ccc(F)cc2F)c1. The average Bonchev–Trinajstić information content (AvgIpc) is 2.21. The average molecular weight is 239 g/mol. The molecule has 17 heavy (non-hydrogen) atoms. The van der Waals surface area contributed by atoms with E-state index in [4.69, 9.17) is 10.5 Å². The van der Waals surface area contributed by atoms with Gasteiger partial charge in [-0.05, 0) is 18.2 Å². The van der Waals surface area contributed by atoms with Gasteiger partial charge in [-0.15, -0.1) is 0 Å². The zero-order valence-corrected chi connectivity index (χ0v) is 8.58. The summed E-state index contributed by atoms with van der Waals surface area (Å²) in [4.78, 5) is 0. The van der Waals surface area contributed by atoms with Crippen LogP contribution in [0.3, 0.4) is 0 Å². The van der Waals surface area contributed by atoms with E-state index in [0.717, 1.165) is 24.3 Å². The summed E-state index contributed by atoms with van der Waals surface area (Å²) < 4.78 is 43.9. The van der Waals surface area contributed by atoms with Gasteiger partial charge in [-0.2, -0.15) is 0 Å². The Morgan fingerprint density at radius 2 is 1.65 bits per heavy atom. The normalized spacial score (nSPS) is 10.3. The molecule has 0 saturated carbocycles. The molecular formula is C12H8F3NO. The molecule has 5 heteroatoms. The molecule has 0 unspecified atom stereocenters. The Kier molecular flexibility index (Phi) is 2.91. The van der Waals surface area contributed by atoms with Crippen LogP contribution in [0.1, 0.15) is 0 Å². The molecule has 0 atom stereocenters. The van der Waals surface area contributed by atoms with E-state index in [0.29, 0.717) is 6.07 Å². The molecule has 0 aliphatic rings. The Bertz CT molecular complexity index is 537. The number of rotatable bonds is 2. The molecule has 0 spiro atoms. The number of anilines is 1. The van der Waals surface area contributed by atoms with Gasteiger partial charge >= 0.3 is 0 Å². The molecule has 0 aromatic heterocycles. The first-order chi connectivity index (χ1) is 8.04. The highest BCUT2D eigenvalue weighted by molar-refractivity contribution is 5.46. The van der Waals surface area contributed by atoms with Crippen LogP contribution in [0.15, 0.2) is 36.4 Å². The maximum absolute atomic E-state index is 13.2. The van der Waals surface area contributed by atoms with Crippen molar-refractivity contribution < 1.29 is 17.9 Å². The maximum Gasteiger partial charge on any atom is 0.168 e. The van der Waals surface area contributed by atoms with Gasteiger partial charge in [-0.3, -0.25) is 0 Å². The van der Waals surface area contributed by atoms with Gasteiger partial charge in [-0.1, -0.05) is 0 Å². The van der Waals surface area contributed by atoms with Crippen LogP contribution in [0.5, 0.6) is 11.5 Å². The van der Waals surface area contributed by atoms with Crippen LogP contribution in [0.25, 0.3) is 0 Å². The molecule has 88 valence electrons. The van der Waals surface area contributed by atoms with Crippen molar-refractivity contribution in [2.75, 3.05) is 5.73 Å². The first kappa shape index (κ1) is 11.3. The van der Waals surface area contributed by atoms with Gasteiger partial charge in [0.2, 0.25) is 0 Å². The van der Waals surface area contributed by atoms with Gasteiger partial charge in [-0.25, -0.2) is 13.2 Å². The highest BCUT2D eigenvalue weighted by Crippen LogP contribution is 2.27. The number of benzene rings is 2. The third-order valence-corrected chi connectivity index (χ3v) is 2.02. The number of hydrogen-bond acceptors (Lipinski definition) is 2. The molecule has 0 aliphatic carbocycles. The van der Waals surface area contributed by atoms with Crippen LogP contribution in [0.4, 0.5) is 18.9 Å². The van der Waals surface area contributed by atoms with Crippen LogP contribution in [-0.4, -0.2) is 0 Å². The van der Waals surface area contributed by atoms with E-state index < -0.39 is 17.5 Å². The second-order valence-electron chi connectivity index (χ2n) is 3.40. The minimum Gasteiger partial charge on any atom is -0.454 e. The lowest BCUT2D eigenvalue weighted by molar-refractivity contribution is 0.435. The third-order valence-electron chi connectivity index (χ3n) is 2.02. The topological polar surface area (TPSA) is 35.2 Å². The number of nitrogens with two attached hydrogens (primary N) is 1. The molecule has 0 bridgehead atoms. The molecule has 2 aromatic rings. The van der Waals surface area contributed by atoms with Crippen LogP contribution >= 0.6 is 0 Å². The summed E-state index contributed by atoms with van der Waals surface area (Å²) in [6.45, 7) is 0. The van der Waals surface area contributed by atoms with Crippen molar-refractivity contribution in [3.63, 3.8) is 0 Å². The van der Waals surface area contributed by atoms with Gasteiger partial charge in [0.15, 0.2) is 11.6 Å². The van der Waals surface area contributed by atoms with Gasteiger partial charge < -0.3 is 10.5 Å². The fourth-order valence-corrected chi connectivity index (χ4v) is 1.33. The second kappa shape index (κ2) is 4.37. The second-order valence-corrected chi connectivity index (χ2v) is 3.40. The van der Waals surface area contributed by atoms with Gasteiger partial charge in [0.1, 0.15) is 17.4 Å². The molecule has 0 aliphatic heterocycles.